The van der Waals surface area contributed by atoms with Gasteiger partial charge in [0.25, 0.3) is 0 Å². The summed E-state index contributed by atoms with van der Waals surface area (Å²) in [6.45, 7) is 3.63. The predicted molar refractivity (Wildman–Crippen MR) is 74.3 cm³/mol. The molecule has 4 nitrogen and oxygen atoms in total. The van der Waals surface area contributed by atoms with Gasteiger partial charge in [0, 0.05) is 6.54 Å². The van der Waals surface area contributed by atoms with Crippen LogP contribution in [-0.2, 0) is 4.79 Å². The topological polar surface area (TPSA) is 61.4 Å². The quantitative estimate of drug-likeness (QED) is 0.721. The fourth-order valence-corrected chi connectivity index (χ4v) is 2.06. The minimum Gasteiger partial charge on any atom is -0.506 e. The summed E-state index contributed by atoms with van der Waals surface area (Å²) in [6, 6.07) is 5.20. The van der Waals surface area contributed by atoms with E-state index in [9.17, 15) is 9.90 Å². The Balaban J connectivity index is 0.00000162. The van der Waals surface area contributed by atoms with Crippen LogP contribution in [0, 0.1) is 12.8 Å². The molecule has 100 valence electrons. The summed E-state index contributed by atoms with van der Waals surface area (Å²) in [7, 11) is 0. The summed E-state index contributed by atoms with van der Waals surface area (Å²) in [5.41, 5.74) is 1.51. The molecule has 0 unspecified atom stereocenters. The highest BCUT2D eigenvalue weighted by molar-refractivity contribution is 5.94. The lowest BCUT2D eigenvalue weighted by molar-refractivity contribution is -0.120. The number of rotatable bonds is 2. The van der Waals surface area contributed by atoms with Gasteiger partial charge in [-0.15, -0.1) is 12.4 Å². The van der Waals surface area contributed by atoms with E-state index in [1.807, 2.05) is 13.0 Å². The number of piperidine rings is 1. The van der Waals surface area contributed by atoms with Crippen molar-refractivity contribution < 1.29 is 9.90 Å². The van der Waals surface area contributed by atoms with Crippen molar-refractivity contribution in [1.29, 1.82) is 0 Å². The Morgan fingerprint density at radius 3 is 2.94 bits per heavy atom. The molecule has 2 rings (SSSR count). The summed E-state index contributed by atoms with van der Waals surface area (Å²) in [5, 5.41) is 15.6. The summed E-state index contributed by atoms with van der Waals surface area (Å²) >= 11 is 0. The average molecular weight is 271 g/mol. The molecule has 1 amide bonds. The lowest BCUT2D eigenvalue weighted by Gasteiger charge is -2.22. The second kappa shape index (κ2) is 6.61. The number of aryl methyl sites for hydroxylation is 1. The van der Waals surface area contributed by atoms with Gasteiger partial charge in [0.15, 0.2) is 0 Å². The van der Waals surface area contributed by atoms with Crippen molar-refractivity contribution in [2.24, 2.45) is 5.92 Å². The highest BCUT2D eigenvalue weighted by Gasteiger charge is 2.21. The molecular formula is C13H19ClN2O2. The normalized spacial score (nSPS) is 18.8. The van der Waals surface area contributed by atoms with Crippen LogP contribution in [0.1, 0.15) is 18.4 Å². The molecule has 1 heterocycles. The fraction of sp³-hybridized carbons (Fsp3) is 0.462. The number of carbonyl (C=O) groups excluding carboxylic acids is 1. The number of carbonyl (C=O) groups is 1. The second-order valence-corrected chi connectivity index (χ2v) is 4.55. The van der Waals surface area contributed by atoms with E-state index in [0.29, 0.717) is 5.69 Å². The molecule has 18 heavy (non-hydrogen) atoms. The lowest BCUT2D eigenvalue weighted by atomic mass is 9.98. The third-order valence-corrected chi connectivity index (χ3v) is 3.08. The molecule has 1 atom stereocenters. The minimum absolute atomic E-state index is 0. The van der Waals surface area contributed by atoms with Gasteiger partial charge in [-0.1, -0.05) is 6.07 Å². The molecule has 0 aromatic heterocycles. The Labute approximate surface area is 113 Å². The largest absolute Gasteiger partial charge is 0.506 e. The molecule has 1 aliphatic heterocycles. The minimum atomic E-state index is -0.0156. The van der Waals surface area contributed by atoms with Crippen molar-refractivity contribution >= 4 is 24.0 Å². The molecule has 0 radical (unpaired) electrons. The van der Waals surface area contributed by atoms with Crippen molar-refractivity contribution in [2.45, 2.75) is 19.8 Å². The van der Waals surface area contributed by atoms with Crippen molar-refractivity contribution in [1.82, 2.24) is 5.32 Å². The van der Waals surface area contributed by atoms with Crippen LogP contribution in [0.25, 0.3) is 0 Å². The fourth-order valence-electron chi connectivity index (χ4n) is 2.06. The first kappa shape index (κ1) is 14.8. The van der Waals surface area contributed by atoms with E-state index in [-0.39, 0.29) is 30.0 Å². The molecular weight excluding hydrogens is 252 g/mol. The van der Waals surface area contributed by atoms with E-state index in [1.54, 1.807) is 12.1 Å². The SMILES string of the molecule is Cc1ccc(O)c(NC(=O)[C@@H]2CCCNC2)c1.Cl. The third-order valence-electron chi connectivity index (χ3n) is 3.08. The zero-order valence-electron chi connectivity index (χ0n) is 10.4. The van der Waals surface area contributed by atoms with Crippen LogP contribution < -0.4 is 10.6 Å². The molecule has 1 aromatic rings. The van der Waals surface area contributed by atoms with Crippen LogP contribution in [0.15, 0.2) is 18.2 Å². The van der Waals surface area contributed by atoms with Crippen LogP contribution in [0.2, 0.25) is 0 Å². The van der Waals surface area contributed by atoms with E-state index in [1.165, 1.54) is 0 Å². The van der Waals surface area contributed by atoms with Gasteiger partial charge in [0.2, 0.25) is 5.91 Å². The van der Waals surface area contributed by atoms with Crippen molar-refractivity contribution in [3.63, 3.8) is 0 Å². The van der Waals surface area contributed by atoms with Gasteiger partial charge in [-0.05, 0) is 44.0 Å². The van der Waals surface area contributed by atoms with Gasteiger partial charge in [-0.2, -0.15) is 0 Å². The standard InChI is InChI=1S/C13H18N2O2.ClH/c1-9-4-5-12(16)11(7-9)15-13(17)10-3-2-6-14-8-10;/h4-5,7,10,14,16H,2-3,6,8H2,1H3,(H,15,17);1H/t10-;/m1./s1. The van der Waals surface area contributed by atoms with Gasteiger partial charge >= 0.3 is 0 Å². The number of phenols is 1. The van der Waals surface area contributed by atoms with Gasteiger partial charge in [0.05, 0.1) is 11.6 Å². The first-order valence-electron chi connectivity index (χ1n) is 5.98. The number of hydrogen-bond acceptors (Lipinski definition) is 3. The highest BCUT2D eigenvalue weighted by Crippen LogP contribution is 2.25. The summed E-state index contributed by atoms with van der Waals surface area (Å²) in [4.78, 5) is 12.0. The van der Waals surface area contributed by atoms with E-state index < -0.39 is 0 Å². The van der Waals surface area contributed by atoms with Crippen LogP contribution in [0.5, 0.6) is 5.75 Å². The highest BCUT2D eigenvalue weighted by atomic mass is 35.5. The Kier molecular flexibility index (Phi) is 5.44. The van der Waals surface area contributed by atoms with Gasteiger partial charge in [-0.3, -0.25) is 4.79 Å². The van der Waals surface area contributed by atoms with Crippen LogP contribution >= 0.6 is 12.4 Å². The first-order valence-corrected chi connectivity index (χ1v) is 5.98. The number of phenolic OH excluding ortho intramolecular Hbond substituents is 1. The number of halogens is 1. The number of hydrogen-bond donors (Lipinski definition) is 3. The Hall–Kier alpha value is -1.26. The summed E-state index contributed by atoms with van der Waals surface area (Å²) < 4.78 is 0. The van der Waals surface area contributed by atoms with Gasteiger partial charge in [-0.25, -0.2) is 0 Å². The zero-order chi connectivity index (χ0) is 12.3. The zero-order valence-corrected chi connectivity index (χ0v) is 11.2. The molecule has 1 fully saturated rings. The Bertz CT molecular complexity index is 417. The molecule has 0 saturated carbocycles. The number of amides is 1. The summed E-state index contributed by atoms with van der Waals surface area (Å²) in [5.74, 6) is 0.106. The number of anilines is 1. The first-order chi connectivity index (χ1) is 8.16. The van der Waals surface area contributed by atoms with Crippen LogP contribution in [0.3, 0.4) is 0 Å². The van der Waals surface area contributed by atoms with E-state index >= 15 is 0 Å². The van der Waals surface area contributed by atoms with E-state index in [4.69, 9.17) is 0 Å². The van der Waals surface area contributed by atoms with Crippen molar-refractivity contribution in [2.75, 3.05) is 18.4 Å². The third kappa shape index (κ3) is 3.62. The molecule has 0 bridgehead atoms. The molecule has 1 aliphatic rings. The molecule has 1 saturated heterocycles. The van der Waals surface area contributed by atoms with Crippen molar-refractivity contribution in [3.05, 3.63) is 23.8 Å². The maximum atomic E-state index is 12.0. The summed E-state index contributed by atoms with van der Waals surface area (Å²) in [6.07, 6.45) is 1.93. The Morgan fingerprint density at radius 1 is 1.50 bits per heavy atom. The van der Waals surface area contributed by atoms with Gasteiger partial charge in [0.1, 0.15) is 5.75 Å². The monoisotopic (exact) mass is 270 g/mol. The van der Waals surface area contributed by atoms with E-state index in [2.05, 4.69) is 10.6 Å². The molecule has 3 N–H and O–H groups in total. The number of aromatic hydroxyl groups is 1. The lowest BCUT2D eigenvalue weighted by Crippen LogP contribution is -2.37. The van der Waals surface area contributed by atoms with Crippen LogP contribution in [0.4, 0.5) is 5.69 Å². The maximum absolute atomic E-state index is 12.0. The maximum Gasteiger partial charge on any atom is 0.228 e. The molecule has 1 aromatic carbocycles. The predicted octanol–water partition coefficient (Wildman–Crippen LogP) is 2.06. The van der Waals surface area contributed by atoms with Gasteiger partial charge < -0.3 is 15.7 Å². The number of nitrogens with one attached hydrogen (secondary N) is 2. The smallest absolute Gasteiger partial charge is 0.228 e. The van der Waals surface area contributed by atoms with E-state index in [0.717, 1.165) is 31.5 Å². The van der Waals surface area contributed by atoms with Crippen LogP contribution in [-0.4, -0.2) is 24.1 Å². The molecule has 5 heteroatoms. The Morgan fingerprint density at radius 2 is 2.28 bits per heavy atom. The number of benzene rings is 1. The molecule has 0 aliphatic carbocycles. The van der Waals surface area contributed by atoms with Crippen molar-refractivity contribution in [3.8, 4) is 5.75 Å². The average Bonchev–Trinajstić information content (AvgIpc) is 2.35. The molecule has 0 spiro atoms. The second-order valence-electron chi connectivity index (χ2n) is 4.55.